The van der Waals surface area contributed by atoms with Crippen molar-refractivity contribution in [2.45, 2.75) is 19.1 Å². The number of hydrogen-bond donors (Lipinski definition) is 0. The summed E-state index contributed by atoms with van der Waals surface area (Å²) in [5.74, 6) is -0.0967. The molecule has 0 aliphatic rings. The van der Waals surface area contributed by atoms with Crippen LogP contribution in [0.15, 0.2) is 78.1 Å². The lowest BCUT2D eigenvalue weighted by atomic mass is 10.1. The Labute approximate surface area is 180 Å². The predicted molar refractivity (Wildman–Crippen MR) is 110 cm³/mol. The molecule has 0 aliphatic carbocycles. The van der Waals surface area contributed by atoms with E-state index in [1.165, 1.54) is 24.4 Å². The fourth-order valence-electron chi connectivity index (χ4n) is 3.26. The summed E-state index contributed by atoms with van der Waals surface area (Å²) in [6.45, 7) is 0.373. The molecule has 1 aromatic carbocycles. The molecule has 0 saturated carbocycles. The molecule has 160 valence electrons. The summed E-state index contributed by atoms with van der Waals surface area (Å²) in [4.78, 5) is 20.3. The molecule has 3 heterocycles. The van der Waals surface area contributed by atoms with Gasteiger partial charge < -0.3 is 4.57 Å². The van der Waals surface area contributed by atoms with Gasteiger partial charge in [0.25, 0.3) is 5.56 Å². The van der Waals surface area contributed by atoms with Crippen molar-refractivity contribution < 1.29 is 13.2 Å². The third-order valence-corrected chi connectivity index (χ3v) is 4.88. The summed E-state index contributed by atoms with van der Waals surface area (Å²) in [5, 5.41) is 8.91. The van der Waals surface area contributed by atoms with Crippen LogP contribution in [0.2, 0.25) is 0 Å². The van der Waals surface area contributed by atoms with Gasteiger partial charge in [0, 0.05) is 37.1 Å². The number of halogens is 3. The average molecular weight is 435 g/mol. The molecule has 0 saturated heterocycles. The number of nitriles is 1. The maximum Gasteiger partial charge on any atom is 0.433 e. The van der Waals surface area contributed by atoms with Crippen LogP contribution in [-0.4, -0.2) is 19.1 Å². The van der Waals surface area contributed by atoms with E-state index in [2.05, 4.69) is 16.0 Å². The van der Waals surface area contributed by atoms with Crippen molar-refractivity contribution in [1.29, 1.82) is 5.26 Å². The highest BCUT2D eigenvalue weighted by molar-refractivity contribution is 5.33. The molecule has 0 unspecified atom stereocenters. The van der Waals surface area contributed by atoms with Gasteiger partial charge in [-0.1, -0.05) is 18.2 Å². The molecule has 0 atom stereocenters. The highest BCUT2D eigenvalue weighted by Crippen LogP contribution is 2.27. The summed E-state index contributed by atoms with van der Waals surface area (Å²) in [7, 11) is 0. The number of pyridine rings is 2. The van der Waals surface area contributed by atoms with Gasteiger partial charge in [-0.2, -0.15) is 18.4 Å². The second-order valence-electron chi connectivity index (χ2n) is 7.12. The van der Waals surface area contributed by atoms with Gasteiger partial charge in [-0.25, -0.2) is 9.97 Å². The normalized spacial score (nSPS) is 11.3. The number of hydrogen-bond acceptors (Lipinski definition) is 4. The molecule has 0 fully saturated rings. The van der Waals surface area contributed by atoms with Crippen LogP contribution in [0.25, 0.3) is 5.82 Å². The summed E-state index contributed by atoms with van der Waals surface area (Å²) in [5.41, 5.74) is 1.64. The van der Waals surface area contributed by atoms with Crippen molar-refractivity contribution in [1.82, 2.24) is 19.1 Å². The Morgan fingerprint density at radius 1 is 1.03 bits per heavy atom. The van der Waals surface area contributed by atoms with E-state index in [4.69, 9.17) is 5.26 Å². The molecule has 0 spiro atoms. The first-order chi connectivity index (χ1) is 15.3. The van der Waals surface area contributed by atoms with E-state index in [0.717, 1.165) is 21.9 Å². The van der Waals surface area contributed by atoms with Crippen molar-refractivity contribution >= 4 is 0 Å². The fraction of sp³-hybridized carbons (Fsp3) is 0.130. The Bertz CT molecular complexity index is 1350. The minimum Gasteiger partial charge on any atom is -0.330 e. The summed E-state index contributed by atoms with van der Waals surface area (Å²) in [6, 6.07) is 15.8. The molecule has 0 bridgehead atoms. The maximum atomic E-state index is 12.9. The Balaban J connectivity index is 1.55. The second kappa shape index (κ2) is 8.51. The number of rotatable bonds is 5. The minimum absolute atomic E-state index is 0.0967. The lowest BCUT2D eigenvalue weighted by Gasteiger charge is -2.11. The Hall–Kier alpha value is -4.19. The first-order valence-corrected chi connectivity index (χ1v) is 9.58. The van der Waals surface area contributed by atoms with Crippen LogP contribution in [0.3, 0.4) is 0 Å². The molecule has 0 radical (unpaired) electrons. The van der Waals surface area contributed by atoms with Gasteiger partial charge in [0.05, 0.1) is 18.0 Å². The molecule has 6 nitrogen and oxygen atoms in total. The van der Waals surface area contributed by atoms with Crippen molar-refractivity contribution in [3.05, 3.63) is 112 Å². The molecular formula is C23H16F3N5O. The SMILES string of the molecule is N#Cc1ccc(Cc2cncn2Cc2ccn(-c3cccc(C(F)(F)F)n3)c(=O)c2)cc1. The van der Waals surface area contributed by atoms with Crippen molar-refractivity contribution in [2.75, 3.05) is 0 Å². The Kier molecular flexibility index (Phi) is 5.60. The van der Waals surface area contributed by atoms with Gasteiger partial charge in [0.1, 0.15) is 11.5 Å². The zero-order chi connectivity index (χ0) is 22.7. The summed E-state index contributed by atoms with van der Waals surface area (Å²) >= 11 is 0. The first kappa shape index (κ1) is 21.1. The number of aromatic nitrogens is 4. The molecule has 4 aromatic rings. The molecule has 9 heteroatoms. The van der Waals surface area contributed by atoms with E-state index < -0.39 is 17.4 Å². The van der Waals surface area contributed by atoms with Crippen LogP contribution in [0, 0.1) is 11.3 Å². The van der Waals surface area contributed by atoms with E-state index in [1.54, 1.807) is 30.7 Å². The van der Waals surface area contributed by atoms with Crippen LogP contribution < -0.4 is 5.56 Å². The Morgan fingerprint density at radius 2 is 1.81 bits per heavy atom. The molecule has 3 aromatic heterocycles. The van der Waals surface area contributed by atoms with Crippen molar-refractivity contribution in [3.63, 3.8) is 0 Å². The monoisotopic (exact) mass is 435 g/mol. The predicted octanol–water partition coefficient (Wildman–Crippen LogP) is 3.96. The van der Waals surface area contributed by atoms with Gasteiger partial charge in [0.2, 0.25) is 0 Å². The van der Waals surface area contributed by atoms with Crippen molar-refractivity contribution in [3.8, 4) is 11.9 Å². The van der Waals surface area contributed by atoms with E-state index in [1.807, 2.05) is 16.7 Å². The van der Waals surface area contributed by atoms with Gasteiger partial charge >= 0.3 is 6.18 Å². The number of imidazole rings is 1. The number of benzene rings is 1. The van der Waals surface area contributed by atoms with E-state index in [9.17, 15) is 18.0 Å². The molecule has 0 amide bonds. The summed E-state index contributed by atoms with van der Waals surface area (Å²) in [6.07, 6.45) is 0.797. The van der Waals surface area contributed by atoms with E-state index >= 15 is 0 Å². The zero-order valence-electron chi connectivity index (χ0n) is 16.6. The van der Waals surface area contributed by atoms with E-state index in [-0.39, 0.29) is 5.82 Å². The van der Waals surface area contributed by atoms with Gasteiger partial charge in [-0.15, -0.1) is 0 Å². The molecule has 4 rings (SSSR count). The smallest absolute Gasteiger partial charge is 0.330 e. The molecular weight excluding hydrogens is 419 g/mol. The third kappa shape index (κ3) is 4.59. The van der Waals surface area contributed by atoms with Gasteiger partial charge in [0.15, 0.2) is 0 Å². The van der Waals surface area contributed by atoms with Crippen LogP contribution >= 0.6 is 0 Å². The standard InChI is InChI=1S/C23H16F3N5O/c24-23(25,26)20-2-1-3-21(29-20)31-9-8-18(11-22(31)32)14-30-15-28-13-19(30)10-16-4-6-17(12-27)7-5-16/h1-9,11,13,15H,10,14H2. The Morgan fingerprint density at radius 3 is 2.50 bits per heavy atom. The zero-order valence-corrected chi connectivity index (χ0v) is 16.6. The minimum atomic E-state index is -4.59. The second-order valence-corrected chi connectivity index (χ2v) is 7.12. The number of alkyl halides is 3. The first-order valence-electron chi connectivity index (χ1n) is 9.58. The van der Waals surface area contributed by atoms with Gasteiger partial charge in [-0.05, 0) is 41.5 Å². The largest absolute Gasteiger partial charge is 0.433 e. The molecule has 32 heavy (non-hydrogen) atoms. The number of nitrogens with zero attached hydrogens (tertiary/aromatic N) is 5. The highest BCUT2D eigenvalue weighted by atomic mass is 19.4. The molecule has 0 N–H and O–H groups in total. The third-order valence-electron chi connectivity index (χ3n) is 4.88. The highest BCUT2D eigenvalue weighted by Gasteiger charge is 2.32. The van der Waals surface area contributed by atoms with Crippen LogP contribution in [0.5, 0.6) is 0 Å². The lowest BCUT2D eigenvalue weighted by Crippen LogP contribution is -2.20. The fourth-order valence-corrected chi connectivity index (χ4v) is 3.26. The van der Waals surface area contributed by atoms with Crippen molar-refractivity contribution in [2.24, 2.45) is 0 Å². The topological polar surface area (TPSA) is 76.5 Å². The summed E-state index contributed by atoms with van der Waals surface area (Å²) < 4.78 is 41.7. The van der Waals surface area contributed by atoms with Gasteiger partial charge in [-0.3, -0.25) is 9.36 Å². The van der Waals surface area contributed by atoms with Crippen LogP contribution in [-0.2, 0) is 19.1 Å². The average Bonchev–Trinajstić information content (AvgIpc) is 3.20. The van der Waals surface area contributed by atoms with E-state index in [0.29, 0.717) is 24.1 Å². The van der Waals surface area contributed by atoms with Crippen LogP contribution in [0.1, 0.15) is 28.1 Å². The lowest BCUT2D eigenvalue weighted by molar-refractivity contribution is -0.141. The van der Waals surface area contributed by atoms with Crippen LogP contribution in [0.4, 0.5) is 13.2 Å². The maximum absolute atomic E-state index is 12.9. The quantitative estimate of drug-likeness (QED) is 0.476. The molecule has 0 aliphatic heterocycles.